The van der Waals surface area contributed by atoms with Crippen LogP contribution in [0.5, 0.6) is 0 Å². The Hall–Kier alpha value is -3.47. The topological polar surface area (TPSA) is 68.0 Å². The SMILES string of the molecule is O=C(Nc1cccnc1)c1ncoc1-c1ccc2ccccc2c1. The van der Waals surface area contributed by atoms with Gasteiger partial charge in [-0.05, 0) is 29.0 Å². The average Bonchev–Trinajstić information content (AvgIpc) is 3.12. The van der Waals surface area contributed by atoms with E-state index >= 15 is 0 Å². The molecule has 5 heteroatoms. The Morgan fingerprint density at radius 2 is 1.88 bits per heavy atom. The van der Waals surface area contributed by atoms with Crippen LogP contribution < -0.4 is 5.32 Å². The molecular formula is C19H13N3O2. The Morgan fingerprint density at radius 3 is 2.71 bits per heavy atom. The van der Waals surface area contributed by atoms with Crippen molar-refractivity contribution >= 4 is 22.4 Å². The van der Waals surface area contributed by atoms with E-state index in [1.807, 2.05) is 42.5 Å². The lowest BCUT2D eigenvalue weighted by atomic mass is 10.0. The van der Waals surface area contributed by atoms with Crippen molar-refractivity contribution in [2.45, 2.75) is 0 Å². The molecule has 0 radical (unpaired) electrons. The second-order valence-electron chi connectivity index (χ2n) is 5.29. The highest BCUT2D eigenvalue weighted by Crippen LogP contribution is 2.27. The van der Waals surface area contributed by atoms with Gasteiger partial charge in [0.25, 0.3) is 5.91 Å². The first-order valence-electron chi connectivity index (χ1n) is 7.45. The van der Waals surface area contributed by atoms with Crippen molar-refractivity contribution in [1.82, 2.24) is 9.97 Å². The monoisotopic (exact) mass is 315 g/mol. The molecule has 1 N–H and O–H groups in total. The summed E-state index contributed by atoms with van der Waals surface area (Å²) in [6.45, 7) is 0. The van der Waals surface area contributed by atoms with Crippen LogP contribution in [-0.2, 0) is 0 Å². The van der Waals surface area contributed by atoms with E-state index in [2.05, 4.69) is 15.3 Å². The highest BCUT2D eigenvalue weighted by molar-refractivity contribution is 6.06. The molecule has 0 saturated heterocycles. The van der Waals surface area contributed by atoms with Gasteiger partial charge in [0.05, 0.1) is 11.9 Å². The van der Waals surface area contributed by atoms with Gasteiger partial charge in [-0.15, -0.1) is 0 Å². The van der Waals surface area contributed by atoms with E-state index in [1.54, 1.807) is 24.5 Å². The van der Waals surface area contributed by atoms with Gasteiger partial charge >= 0.3 is 0 Å². The Morgan fingerprint density at radius 1 is 1.00 bits per heavy atom. The summed E-state index contributed by atoms with van der Waals surface area (Å²) in [6, 6.07) is 17.4. The summed E-state index contributed by atoms with van der Waals surface area (Å²) >= 11 is 0. The number of hydrogen-bond donors (Lipinski definition) is 1. The molecule has 4 rings (SSSR count). The van der Waals surface area contributed by atoms with Gasteiger partial charge in [-0.2, -0.15) is 0 Å². The molecule has 0 atom stereocenters. The standard InChI is InChI=1S/C19H13N3O2/c23-19(22-16-6-3-9-20-11-16)17-18(24-12-21-17)15-8-7-13-4-1-2-5-14(13)10-15/h1-12H,(H,22,23). The summed E-state index contributed by atoms with van der Waals surface area (Å²) < 4.78 is 5.47. The molecule has 2 aromatic carbocycles. The van der Waals surface area contributed by atoms with Gasteiger partial charge < -0.3 is 9.73 Å². The van der Waals surface area contributed by atoms with E-state index < -0.39 is 0 Å². The van der Waals surface area contributed by atoms with Crippen LogP contribution in [0.25, 0.3) is 22.1 Å². The summed E-state index contributed by atoms with van der Waals surface area (Å²) in [6.07, 6.45) is 4.50. The number of aromatic nitrogens is 2. The maximum atomic E-state index is 12.5. The summed E-state index contributed by atoms with van der Waals surface area (Å²) in [5.74, 6) is 0.113. The van der Waals surface area contributed by atoms with Gasteiger partial charge in [0.2, 0.25) is 0 Å². The fourth-order valence-electron chi connectivity index (χ4n) is 2.57. The highest BCUT2D eigenvalue weighted by atomic mass is 16.3. The molecule has 0 aliphatic rings. The lowest BCUT2D eigenvalue weighted by Crippen LogP contribution is -2.13. The number of rotatable bonds is 3. The average molecular weight is 315 g/mol. The number of pyridine rings is 1. The van der Waals surface area contributed by atoms with Gasteiger partial charge in [0.1, 0.15) is 0 Å². The Labute approximate surface area is 138 Å². The van der Waals surface area contributed by atoms with E-state index in [1.165, 1.54) is 6.39 Å². The molecule has 0 unspecified atom stereocenters. The quantitative estimate of drug-likeness (QED) is 0.617. The first-order chi connectivity index (χ1) is 11.8. The van der Waals surface area contributed by atoms with Crippen LogP contribution in [0.15, 0.2) is 77.8 Å². The zero-order valence-corrected chi connectivity index (χ0v) is 12.6. The smallest absolute Gasteiger partial charge is 0.278 e. The maximum Gasteiger partial charge on any atom is 0.278 e. The number of carbonyl (C=O) groups excluding carboxylic acids is 1. The predicted octanol–water partition coefficient (Wildman–Crippen LogP) is 4.14. The molecule has 5 nitrogen and oxygen atoms in total. The Balaban J connectivity index is 1.69. The van der Waals surface area contributed by atoms with E-state index in [0.29, 0.717) is 11.4 Å². The first kappa shape index (κ1) is 14.1. The molecular weight excluding hydrogens is 302 g/mol. The third-order valence-electron chi connectivity index (χ3n) is 3.71. The molecule has 4 aromatic rings. The lowest BCUT2D eigenvalue weighted by molar-refractivity contribution is 0.102. The molecule has 0 aliphatic carbocycles. The van der Waals surface area contributed by atoms with Crippen molar-refractivity contribution in [3.05, 3.63) is 79.1 Å². The molecule has 116 valence electrons. The van der Waals surface area contributed by atoms with E-state index in [9.17, 15) is 4.79 Å². The van der Waals surface area contributed by atoms with Gasteiger partial charge in [-0.3, -0.25) is 9.78 Å². The van der Waals surface area contributed by atoms with Gasteiger partial charge in [-0.1, -0.05) is 36.4 Å². The van der Waals surface area contributed by atoms with E-state index in [-0.39, 0.29) is 11.6 Å². The number of hydrogen-bond acceptors (Lipinski definition) is 4. The molecule has 2 aromatic heterocycles. The van der Waals surface area contributed by atoms with Crippen molar-refractivity contribution in [3.8, 4) is 11.3 Å². The molecule has 2 heterocycles. The van der Waals surface area contributed by atoms with Crippen LogP contribution in [0.3, 0.4) is 0 Å². The van der Waals surface area contributed by atoms with E-state index in [0.717, 1.165) is 16.3 Å². The number of nitrogens with one attached hydrogen (secondary N) is 1. The lowest BCUT2D eigenvalue weighted by Gasteiger charge is -2.05. The normalized spacial score (nSPS) is 10.7. The fraction of sp³-hybridized carbons (Fsp3) is 0. The van der Waals surface area contributed by atoms with Crippen LogP contribution in [-0.4, -0.2) is 15.9 Å². The Kier molecular flexibility index (Phi) is 3.51. The summed E-state index contributed by atoms with van der Waals surface area (Å²) in [4.78, 5) is 20.5. The third-order valence-corrected chi connectivity index (χ3v) is 3.71. The minimum atomic E-state index is -0.333. The second-order valence-corrected chi connectivity index (χ2v) is 5.29. The number of anilines is 1. The van der Waals surface area contributed by atoms with Gasteiger partial charge in [0, 0.05) is 11.8 Å². The number of benzene rings is 2. The fourth-order valence-corrected chi connectivity index (χ4v) is 2.57. The van der Waals surface area contributed by atoms with Crippen molar-refractivity contribution < 1.29 is 9.21 Å². The largest absolute Gasteiger partial charge is 0.443 e. The van der Waals surface area contributed by atoms with Gasteiger partial charge in [0.15, 0.2) is 17.8 Å². The summed E-state index contributed by atoms with van der Waals surface area (Å²) in [5, 5.41) is 4.97. The zero-order valence-electron chi connectivity index (χ0n) is 12.6. The van der Waals surface area contributed by atoms with Crippen LogP contribution in [0.2, 0.25) is 0 Å². The number of amides is 1. The third kappa shape index (κ3) is 2.63. The predicted molar refractivity (Wildman–Crippen MR) is 91.6 cm³/mol. The molecule has 0 bridgehead atoms. The molecule has 0 saturated carbocycles. The second kappa shape index (κ2) is 5.96. The van der Waals surface area contributed by atoms with Crippen LogP contribution >= 0.6 is 0 Å². The number of carbonyl (C=O) groups is 1. The van der Waals surface area contributed by atoms with Crippen molar-refractivity contribution in [2.75, 3.05) is 5.32 Å². The molecule has 0 aliphatic heterocycles. The maximum absolute atomic E-state index is 12.5. The van der Waals surface area contributed by atoms with Gasteiger partial charge in [-0.25, -0.2) is 4.98 Å². The van der Waals surface area contributed by atoms with Crippen molar-refractivity contribution in [3.63, 3.8) is 0 Å². The van der Waals surface area contributed by atoms with Crippen LogP contribution in [0.4, 0.5) is 5.69 Å². The molecule has 0 spiro atoms. The molecule has 1 amide bonds. The van der Waals surface area contributed by atoms with Crippen LogP contribution in [0.1, 0.15) is 10.5 Å². The first-order valence-corrected chi connectivity index (χ1v) is 7.45. The molecule has 0 fully saturated rings. The van der Waals surface area contributed by atoms with Crippen LogP contribution in [0, 0.1) is 0 Å². The number of fused-ring (bicyclic) bond motifs is 1. The molecule has 24 heavy (non-hydrogen) atoms. The number of oxazole rings is 1. The van der Waals surface area contributed by atoms with E-state index in [4.69, 9.17) is 4.42 Å². The van der Waals surface area contributed by atoms with Crippen molar-refractivity contribution in [2.24, 2.45) is 0 Å². The summed E-state index contributed by atoms with van der Waals surface area (Å²) in [5.41, 5.74) is 1.66. The highest BCUT2D eigenvalue weighted by Gasteiger charge is 2.18. The minimum absolute atomic E-state index is 0.245. The van der Waals surface area contributed by atoms with Crippen molar-refractivity contribution in [1.29, 1.82) is 0 Å². The summed E-state index contributed by atoms with van der Waals surface area (Å²) in [7, 11) is 0. The number of nitrogens with zero attached hydrogens (tertiary/aromatic N) is 2. The zero-order chi connectivity index (χ0) is 16.4. The minimum Gasteiger partial charge on any atom is -0.443 e. The Bertz CT molecular complexity index is 1010.